The van der Waals surface area contributed by atoms with Crippen LogP contribution < -0.4 is 14.8 Å². The summed E-state index contributed by atoms with van der Waals surface area (Å²) in [6.45, 7) is 4.47. The molecule has 0 spiro atoms. The summed E-state index contributed by atoms with van der Waals surface area (Å²) in [5, 5.41) is 15.7. The molecule has 2 aromatic heterocycles. The molecular weight excluding hydrogens is 460 g/mol. The van der Waals surface area contributed by atoms with E-state index >= 15 is 0 Å². The molecule has 0 saturated heterocycles. The highest BCUT2D eigenvalue weighted by molar-refractivity contribution is 5.76. The summed E-state index contributed by atoms with van der Waals surface area (Å²) >= 11 is 0. The Morgan fingerprint density at radius 1 is 1.17 bits per heavy atom. The van der Waals surface area contributed by atoms with Crippen molar-refractivity contribution in [2.24, 2.45) is 0 Å². The first-order chi connectivity index (χ1) is 17.5. The molecule has 1 fully saturated rings. The Labute approximate surface area is 211 Å². The third-order valence-electron chi connectivity index (χ3n) is 6.50. The van der Waals surface area contributed by atoms with Gasteiger partial charge in [-0.1, -0.05) is 24.9 Å². The fourth-order valence-corrected chi connectivity index (χ4v) is 4.62. The molecule has 0 bridgehead atoms. The zero-order chi connectivity index (χ0) is 25.5. The van der Waals surface area contributed by atoms with Gasteiger partial charge in [0.1, 0.15) is 12.4 Å². The molecule has 1 aliphatic carbocycles. The summed E-state index contributed by atoms with van der Waals surface area (Å²) in [7, 11) is 1.62. The fourth-order valence-electron chi connectivity index (χ4n) is 4.62. The van der Waals surface area contributed by atoms with Crippen molar-refractivity contribution in [3.8, 4) is 34.5 Å². The Balaban J connectivity index is 1.52. The van der Waals surface area contributed by atoms with Gasteiger partial charge in [-0.05, 0) is 61.9 Å². The number of aliphatic hydroxyl groups is 1. The molecule has 36 heavy (non-hydrogen) atoms. The van der Waals surface area contributed by atoms with Gasteiger partial charge in [0.15, 0.2) is 0 Å². The molecule has 1 amide bonds. The molecule has 9 heteroatoms. The van der Waals surface area contributed by atoms with Crippen LogP contribution in [0.1, 0.15) is 61.8 Å². The average molecular weight is 495 g/mol. The van der Waals surface area contributed by atoms with E-state index in [0.29, 0.717) is 43.1 Å². The maximum Gasteiger partial charge on any atom is 0.258 e. The SMILES string of the molecule is CCc1cc(-c2noc(-c3cc(OC)nc(C4CCCC4)c3)n2)cc(C)c1OCCCNC(=O)CO. The third kappa shape index (κ3) is 6.02. The van der Waals surface area contributed by atoms with Crippen LogP contribution in [0.15, 0.2) is 28.8 Å². The Morgan fingerprint density at radius 2 is 1.97 bits per heavy atom. The smallest absolute Gasteiger partial charge is 0.258 e. The number of pyridine rings is 1. The predicted octanol–water partition coefficient (Wildman–Crippen LogP) is 4.21. The van der Waals surface area contributed by atoms with Gasteiger partial charge in [-0.3, -0.25) is 4.79 Å². The normalized spacial score (nSPS) is 13.7. The maximum absolute atomic E-state index is 11.1. The summed E-state index contributed by atoms with van der Waals surface area (Å²) in [5.41, 5.74) is 4.71. The topological polar surface area (TPSA) is 120 Å². The van der Waals surface area contributed by atoms with Crippen LogP contribution in [-0.2, 0) is 11.2 Å². The van der Waals surface area contributed by atoms with Crippen molar-refractivity contribution in [2.75, 3.05) is 26.9 Å². The predicted molar refractivity (Wildman–Crippen MR) is 135 cm³/mol. The van der Waals surface area contributed by atoms with Crippen LogP contribution in [0.25, 0.3) is 22.8 Å². The van der Waals surface area contributed by atoms with E-state index in [0.717, 1.165) is 53.0 Å². The number of aryl methyl sites for hydroxylation is 2. The highest BCUT2D eigenvalue weighted by atomic mass is 16.5. The number of aromatic nitrogens is 3. The van der Waals surface area contributed by atoms with Gasteiger partial charge in [0.25, 0.3) is 5.89 Å². The van der Waals surface area contributed by atoms with Gasteiger partial charge in [0, 0.05) is 35.3 Å². The van der Waals surface area contributed by atoms with E-state index in [1.807, 2.05) is 31.2 Å². The van der Waals surface area contributed by atoms with Crippen molar-refractivity contribution >= 4 is 5.91 Å². The quantitative estimate of drug-likeness (QED) is 0.380. The van der Waals surface area contributed by atoms with Gasteiger partial charge in [-0.15, -0.1) is 0 Å². The lowest BCUT2D eigenvalue weighted by Gasteiger charge is -2.15. The number of amides is 1. The molecule has 2 heterocycles. The van der Waals surface area contributed by atoms with Crippen molar-refractivity contribution < 1.29 is 23.9 Å². The standard InChI is InChI=1S/C27H34N4O5/c1-4-18-13-20(12-17(2)25(18)35-11-7-10-28-23(33)16-32)26-30-27(36-31-26)21-14-22(19-8-5-6-9-19)29-24(15-21)34-3/h12-15,19,32H,4-11,16H2,1-3H3,(H,28,33). The van der Waals surface area contributed by atoms with Gasteiger partial charge in [-0.2, -0.15) is 4.98 Å². The molecular formula is C27H34N4O5. The zero-order valence-corrected chi connectivity index (χ0v) is 21.2. The van der Waals surface area contributed by atoms with E-state index in [4.69, 9.17) is 19.1 Å². The van der Waals surface area contributed by atoms with E-state index in [1.54, 1.807) is 7.11 Å². The molecule has 0 atom stereocenters. The van der Waals surface area contributed by atoms with Crippen LogP contribution in [0.4, 0.5) is 0 Å². The summed E-state index contributed by atoms with van der Waals surface area (Å²) in [4.78, 5) is 20.5. The summed E-state index contributed by atoms with van der Waals surface area (Å²) in [6.07, 6.45) is 6.15. The number of rotatable bonds is 11. The van der Waals surface area contributed by atoms with E-state index in [1.165, 1.54) is 12.8 Å². The number of hydrogen-bond acceptors (Lipinski definition) is 8. The Hall–Kier alpha value is -3.46. The Morgan fingerprint density at radius 3 is 2.69 bits per heavy atom. The molecule has 0 aliphatic heterocycles. The maximum atomic E-state index is 11.1. The van der Waals surface area contributed by atoms with Crippen LogP contribution in [-0.4, -0.2) is 53.0 Å². The Kier molecular flexibility index (Phi) is 8.53. The third-order valence-corrected chi connectivity index (χ3v) is 6.50. The first kappa shape index (κ1) is 25.6. The van der Waals surface area contributed by atoms with Crippen LogP contribution in [0.3, 0.4) is 0 Å². The second kappa shape index (κ2) is 12.0. The number of ether oxygens (including phenoxy) is 2. The van der Waals surface area contributed by atoms with Crippen molar-refractivity contribution in [2.45, 2.75) is 58.3 Å². The molecule has 9 nitrogen and oxygen atoms in total. The number of hydrogen-bond donors (Lipinski definition) is 2. The minimum absolute atomic E-state index is 0.385. The lowest BCUT2D eigenvalue weighted by Crippen LogP contribution is -2.28. The second-order valence-corrected chi connectivity index (χ2v) is 9.07. The molecule has 0 unspecified atom stereocenters. The molecule has 0 radical (unpaired) electrons. The number of nitrogens with zero attached hydrogens (tertiary/aromatic N) is 3. The van der Waals surface area contributed by atoms with Crippen molar-refractivity contribution in [3.63, 3.8) is 0 Å². The number of methoxy groups -OCH3 is 1. The zero-order valence-electron chi connectivity index (χ0n) is 21.2. The lowest BCUT2D eigenvalue weighted by atomic mass is 10.0. The van der Waals surface area contributed by atoms with Crippen molar-refractivity contribution in [1.29, 1.82) is 0 Å². The number of benzene rings is 1. The lowest BCUT2D eigenvalue weighted by molar-refractivity contribution is -0.123. The first-order valence-electron chi connectivity index (χ1n) is 12.6. The summed E-state index contributed by atoms with van der Waals surface area (Å²) < 4.78 is 17.1. The van der Waals surface area contributed by atoms with Crippen LogP contribution >= 0.6 is 0 Å². The number of nitrogens with one attached hydrogen (secondary N) is 1. The highest BCUT2D eigenvalue weighted by Gasteiger charge is 2.22. The molecule has 4 rings (SSSR count). The molecule has 192 valence electrons. The number of aliphatic hydroxyl groups excluding tert-OH is 1. The second-order valence-electron chi connectivity index (χ2n) is 9.07. The summed E-state index contributed by atoms with van der Waals surface area (Å²) in [5.74, 6) is 2.39. The monoisotopic (exact) mass is 494 g/mol. The fraction of sp³-hybridized carbons (Fsp3) is 0.481. The average Bonchev–Trinajstić information content (AvgIpc) is 3.61. The van der Waals surface area contributed by atoms with Gasteiger partial charge < -0.3 is 24.4 Å². The summed E-state index contributed by atoms with van der Waals surface area (Å²) in [6, 6.07) is 7.90. The van der Waals surface area contributed by atoms with Gasteiger partial charge in [-0.25, -0.2) is 4.98 Å². The minimum atomic E-state index is -0.504. The van der Waals surface area contributed by atoms with E-state index in [-0.39, 0.29) is 5.91 Å². The molecule has 1 saturated carbocycles. The van der Waals surface area contributed by atoms with Gasteiger partial charge in [0.2, 0.25) is 17.6 Å². The van der Waals surface area contributed by atoms with Crippen LogP contribution in [0.2, 0.25) is 0 Å². The van der Waals surface area contributed by atoms with Crippen LogP contribution in [0.5, 0.6) is 11.6 Å². The van der Waals surface area contributed by atoms with Gasteiger partial charge in [0.05, 0.1) is 13.7 Å². The number of carbonyl (C=O) groups excluding carboxylic acids is 1. The van der Waals surface area contributed by atoms with E-state index < -0.39 is 6.61 Å². The minimum Gasteiger partial charge on any atom is -0.493 e. The number of carbonyl (C=O) groups is 1. The largest absolute Gasteiger partial charge is 0.493 e. The molecule has 2 N–H and O–H groups in total. The van der Waals surface area contributed by atoms with Crippen LogP contribution in [0, 0.1) is 6.92 Å². The van der Waals surface area contributed by atoms with E-state index in [2.05, 4.69) is 27.4 Å². The molecule has 1 aliphatic rings. The van der Waals surface area contributed by atoms with Crippen molar-refractivity contribution in [3.05, 3.63) is 41.1 Å². The van der Waals surface area contributed by atoms with E-state index in [9.17, 15) is 4.79 Å². The van der Waals surface area contributed by atoms with Gasteiger partial charge >= 0.3 is 0 Å². The van der Waals surface area contributed by atoms with Crippen molar-refractivity contribution in [1.82, 2.24) is 20.4 Å². The molecule has 3 aromatic rings. The first-order valence-corrected chi connectivity index (χ1v) is 12.6. The molecule has 1 aromatic carbocycles. The Bertz CT molecular complexity index is 1190. The highest BCUT2D eigenvalue weighted by Crippen LogP contribution is 2.36.